The fourth-order valence-electron chi connectivity index (χ4n) is 2.40. The number of carbonyl (C=O) groups excluding carboxylic acids is 1. The smallest absolute Gasteiger partial charge is 0.338 e. The van der Waals surface area contributed by atoms with Crippen molar-refractivity contribution in [2.24, 2.45) is 0 Å². The third-order valence-electron chi connectivity index (χ3n) is 3.52. The Kier molecular flexibility index (Phi) is 5.58. The van der Waals surface area contributed by atoms with Crippen LogP contribution in [0, 0.1) is 3.57 Å². The van der Waals surface area contributed by atoms with Gasteiger partial charge in [0.15, 0.2) is 14.7 Å². The molecule has 0 amide bonds. The molecule has 3 aromatic rings. The first-order valence-corrected chi connectivity index (χ1v) is 9.72. The van der Waals surface area contributed by atoms with Crippen molar-refractivity contribution in [3.63, 3.8) is 0 Å². The Balaban J connectivity index is 2.12. The molecule has 3 rings (SSSR count). The summed E-state index contributed by atoms with van der Waals surface area (Å²) in [4.78, 5) is 15.4. The van der Waals surface area contributed by atoms with Gasteiger partial charge in [-0.2, -0.15) is 0 Å². The van der Waals surface area contributed by atoms with Gasteiger partial charge in [-0.3, -0.25) is 0 Å². The van der Waals surface area contributed by atoms with E-state index in [1.54, 1.807) is 6.07 Å². The zero-order chi connectivity index (χ0) is 16.9. The summed E-state index contributed by atoms with van der Waals surface area (Å²) in [5.74, 6) is -0.309. The number of carbonyl (C=O) groups is 1. The summed E-state index contributed by atoms with van der Waals surface area (Å²) in [5, 5.41) is 0. The summed E-state index contributed by atoms with van der Waals surface area (Å²) in [7, 11) is 1.15. The van der Waals surface area contributed by atoms with Crippen molar-refractivity contribution in [2.45, 2.75) is 14.7 Å². The first-order chi connectivity index (χ1) is 11.7. The summed E-state index contributed by atoms with van der Waals surface area (Å²) in [6, 6.07) is 26.6. The number of hydrogen-bond acceptors (Lipinski definition) is 2. The average molecular weight is 447 g/mol. The van der Waals surface area contributed by atoms with Gasteiger partial charge >= 0.3 is 5.97 Å². The largest absolute Gasteiger partial charge is 0.465 e. The van der Waals surface area contributed by atoms with E-state index in [2.05, 4.69) is 65.1 Å². The van der Waals surface area contributed by atoms with Gasteiger partial charge in [-0.25, -0.2) is 4.79 Å². The van der Waals surface area contributed by atoms with E-state index in [1.807, 2.05) is 30.3 Å². The summed E-state index contributed by atoms with van der Waals surface area (Å²) in [6.07, 6.45) is 0. The van der Waals surface area contributed by atoms with Gasteiger partial charge in [-0.15, -0.1) is 0 Å². The molecule has 0 saturated heterocycles. The Morgan fingerprint density at radius 1 is 0.833 bits per heavy atom. The number of rotatable bonds is 4. The van der Waals surface area contributed by atoms with Crippen LogP contribution in [0.3, 0.4) is 0 Å². The minimum atomic E-state index is -0.309. The fraction of sp³-hybridized carbons (Fsp3) is 0.0500. The van der Waals surface area contributed by atoms with E-state index in [9.17, 15) is 4.79 Å². The number of methoxy groups -OCH3 is 1. The molecule has 3 aromatic carbocycles. The van der Waals surface area contributed by atoms with Crippen LogP contribution in [0.2, 0.25) is 0 Å². The molecule has 1 atom stereocenters. The van der Waals surface area contributed by atoms with Gasteiger partial charge in [0.1, 0.15) is 0 Å². The van der Waals surface area contributed by atoms with Crippen molar-refractivity contribution in [3.05, 3.63) is 88.0 Å². The van der Waals surface area contributed by atoms with E-state index in [0.717, 1.165) is 4.90 Å². The number of benzene rings is 3. The van der Waals surface area contributed by atoms with Crippen LogP contribution in [0.25, 0.3) is 0 Å². The van der Waals surface area contributed by atoms with Crippen LogP contribution in [0.15, 0.2) is 93.5 Å². The number of halogens is 1. The topological polar surface area (TPSA) is 26.3 Å². The summed E-state index contributed by atoms with van der Waals surface area (Å²) < 4.78 is 6.07. The van der Waals surface area contributed by atoms with E-state index in [0.29, 0.717) is 5.56 Å². The van der Waals surface area contributed by atoms with Crippen LogP contribution in [-0.2, 0) is 15.6 Å². The second-order valence-electron chi connectivity index (χ2n) is 5.09. The molecule has 0 spiro atoms. The molecule has 0 fully saturated rings. The molecule has 0 bridgehead atoms. The van der Waals surface area contributed by atoms with Gasteiger partial charge in [0.05, 0.1) is 23.6 Å². The fourth-order valence-corrected chi connectivity index (χ4v) is 4.88. The van der Waals surface area contributed by atoms with Crippen molar-refractivity contribution in [3.8, 4) is 0 Å². The van der Waals surface area contributed by atoms with Gasteiger partial charge in [-0.05, 0) is 71.1 Å². The maximum absolute atomic E-state index is 11.9. The first-order valence-electron chi connectivity index (χ1n) is 7.42. The van der Waals surface area contributed by atoms with Crippen molar-refractivity contribution in [1.82, 2.24) is 0 Å². The lowest BCUT2D eigenvalue weighted by molar-refractivity contribution is 0.0600. The van der Waals surface area contributed by atoms with Gasteiger partial charge in [0, 0.05) is 9.64 Å². The highest BCUT2D eigenvalue weighted by atomic mass is 127. The normalized spacial score (nSPS) is 11.8. The number of hydrogen-bond donors (Lipinski definition) is 0. The van der Waals surface area contributed by atoms with E-state index in [1.165, 1.54) is 20.5 Å². The van der Waals surface area contributed by atoms with Crippen molar-refractivity contribution >= 4 is 39.5 Å². The van der Waals surface area contributed by atoms with E-state index in [4.69, 9.17) is 4.74 Å². The maximum Gasteiger partial charge on any atom is 0.338 e. The second-order valence-corrected chi connectivity index (χ2v) is 8.36. The second kappa shape index (κ2) is 7.85. The SMILES string of the molecule is COC(=O)c1cccc([S+](c2ccccc2)c2ccc(I)cc2)c1. The summed E-state index contributed by atoms with van der Waals surface area (Å²) in [5.41, 5.74) is 0.578. The minimum Gasteiger partial charge on any atom is -0.465 e. The molecule has 0 saturated carbocycles. The molecular formula is C20H16IO2S+. The lowest BCUT2D eigenvalue weighted by atomic mass is 10.2. The molecule has 0 aliphatic carbocycles. The molecule has 1 unspecified atom stereocenters. The third-order valence-corrected chi connectivity index (χ3v) is 6.45. The molecule has 0 aliphatic rings. The molecule has 24 heavy (non-hydrogen) atoms. The van der Waals surface area contributed by atoms with Gasteiger partial charge < -0.3 is 4.74 Å². The zero-order valence-electron chi connectivity index (χ0n) is 13.1. The predicted octanol–water partition coefficient (Wildman–Crippen LogP) is 5.17. The third kappa shape index (κ3) is 3.82. The van der Waals surface area contributed by atoms with Gasteiger partial charge in [0.2, 0.25) is 0 Å². The van der Waals surface area contributed by atoms with Crippen molar-refractivity contribution in [2.75, 3.05) is 7.11 Å². The van der Waals surface area contributed by atoms with E-state index >= 15 is 0 Å². The minimum absolute atomic E-state index is 0.263. The monoisotopic (exact) mass is 447 g/mol. The summed E-state index contributed by atoms with van der Waals surface area (Å²) >= 11 is 2.31. The van der Waals surface area contributed by atoms with Crippen LogP contribution < -0.4 is 0 Å². The summed E-state index contributed by atoms with van der Waals surface area (Å²) in [6.45, 7) is 0. The highest BCUT2D eigenvalue weighted by Gasteiger charge is 2.29. The van der Waals surface area contributed by atoms with Crippen LogP contribution in [0.5, 0.6) is 0 Å². The lowest BCUT2D eigenvalue weighted by Crippen LogP contribution is -2.07. The Morgan fingerprint density at radius 3 is 2.12 bits per heavy atom. The molecule has 120 valence electrons. The molecule has 4 heteroatoms. The molecule has 0 N–H and O–H groups in total. The molecule has 2 nitrogen and oxygen atoms in total. The Morgan fingerprint density at radius 2 is 1.46 bits per heavy atom. The van der Waals surface area contributed by atoms with Crippen LogP contribution in [0.4, 0.5) is 0 Å². The quantitative estimate of drug-likeness (QED) is 0.313. The van der Waals surface area contributed by atoms with Crippen LogP contribution in [0.1, 0.15) is 10.4 Å². The number of esters is 1. The molecule has 0 radical (unpaired) electrons. The zero-order valence-corrected chi connectivity index (χ0v) is 16.1. The standard InChI is InChI=1S/C20H16IO2S/c1-23-20(22)15-6-5-9-19(14-15)24(17-7-3-2-4-8-17)18-12-10-16(21)11-13-18/h2-14H,1H3/q+1. The van der Waals surface area contributed by atoms with Crippen LogP contribution in [-0.4, -0.2) is 13.1 Å². The molecule has 0 aliphatic heterocycles. The van der Waals surface area contributed by atoms with E-state index < -0.39 is 0 Å². The molecular weight excluding hydrogens is 431 g/mol. The van der Waals surface area contributed by atoms with Crippen molar-refractivity contribution < 1.29 is 9.53 Å². The number of ether oxygens (including phenoxy) is 1. The van der Waals surface area contributed by atoms with Gasteiger partial charge in [-0.1, -0.05) is 24.3 Å². The predicted molar refractivity (Wildman–Crippen MR) is 106 cm³/mol. The molecule has 0 aromatic heterocycles. The average Bonchev–Trinajstić information content (AvgIpc) is 2.64. The molecule has 0 heterocycles. The first kappa shape index (κ1) is 17.0. The highest BCUT2D eigenvalue weighted by molar-refractivity contribution is 14.1. The highest BCUT2D eigenvalue weighted by Crippen LogP contribution is 2.31. The lowest BCUT2D eigenvalue weighted by Gasteiger charge is -2.09. The maximum atomic E-state index is 11.9. The Hall–Kier alpha value is -1.79. The Labute approximate surface area is 158 Å². The van der Waals surface area contributed by atoms with E-state index in [-0.39, 0.29) is 16.9 Å². The Bertz CT molecular complexity index is 832. The van der Waals surface area contributed by atoms with Gasteiger partial charge in [0.25, 0.3) is 0 Å². The van der Waals surface area contributed by atoms with Crippen LogP contribution >= 0.6 is 22.6 Å². The van der Waals surface area contributed by atoms with Crippen molar-refractivity contribution in [1.29, 1.82) is 0 Å².